The normalized spacial score (nSPS) is 14.7. The molecule has 218 valence electrons. The van der Waals surface area contributed by atoms with Gasteiger partial charge in [-0.3, -0.25) is 13.9 Å². The highest BCUT2D eigenvalue weighted by atomic mass is 35.5. The molecular weight excluding hydrogens is 558 g/mol. The third kappa shape index (κ3) is 7.68. The van der Waals surface area contributed by atoms with Crippen LogP contribution in [0.2, 0.25) is 5.02 Å². The molecule has 7 nitrogen and oxygen atoms in total. The number of carbonyl (C=O) groups is 2. The lowest BCUT2D eigenvalue weighted by Gasteiger charge is -2.34. The number of hydrogen-bond donors (Lipinski definition) is 1. The van der Waals surface area contributed by atoms with Gasteiger partial charge in [-0.25, -0.2) is 8.42 Å². The maximum Gasteiger partial charge on any atom is 0.264 e. The molecule has 4 rings (SSSR count). The molecule has 0 spiro atoms. The van der Waals surface area contributed by atoms with Crippen LogP contribution in [-0.2, 0) is 26.2 Å². The van der Waals surface area contributed by atoms with E-state index in [1.165, 1.54) is 17.0 Å². The molecule has 1 N–H and O–H groups in total. The number of rotatable bonds is 11. The van der Waals surface area contributed by atoms with Gasteiger partial charge in [-0.2, -0.15) is 0 Å². The van der Waals surface area contributed by atoms with E-state index in [2.05, 4.69) is 5.32 Å². The van der Waals surface area contributed by atoms with Gasteiger partial charge in [0.1, 0.15) is 12.6 Å². The first-order chi connectivity index (χ1) is 19.7. The number of carbonyl (C=O) groups excluding carboxylic acids is 2. The van der Waals surface area contributed by atoms with E-state index in [0.29, 0.717) is 22.7 Å². The van der Waals surface area contributed by atoms with Crippen molar-refractivity contribution in [3.05, 3.63) is 95.0 Å². The summed E-state index contributed by atoms with van der Waals surface area (Å²) in [4.78, 5) is 29.4. The van der Waals surface area contributed by atoms with Crippen molar-refractivity contribution >= 4 is 39.1 Å². The second kappa shape index (κ2) is 14.0. The highest BCUT2D eigenvalue weighted by Crippen LogP contribution is 2.29. The van der Waals surface area contributed by atoms with E-state index in [1.807, 2.05) is 37.3 Å². The van der Waals surface area contributed by atoms with Crippen LogP contribution < -0.4 is 9.62 Å². The molecule has 1 saturated carbocycles. The van der Waals surface area contributed by atoms with Crippen LogP contribution in [0.1, 0.15) is 56.6 Å². The minimum Gasteiger partial charge on any atom is -0.352 e. The molecule has 1 fully saturated rings. The van der Waals surface area contributed by atoms with Crippen LogP contribution >= 0.6 is 11.6 Å². The Morgan fingerprint density at radius 3 is 2.20 bits per heavy atom. The predicted molar refractivity (Wildman–Crippen MR) is 163 cm³/mol. The summed E-state index contributed by atoms with van der Waals surface area (Å²) in [7, 11) is -4.12. The van der Waals surface area contributed by atoms with Crippen molar-refractivity contribution < 1.29 is 18.0 Å². The summed E-state index contributed by atoms with van der Waals surface area (Å²) in [6, 6.07) is 21.7. The van der Waals surface area contributed by atoms with Gasteiger partial charge in [0, 0.05) is 17.6 Å². The average Bonchev–Trinajstić information content (AvgIpc) is 2.97. The van der Waals surface area contributed by atoms with Crippen molar-refractivity contribution in [2.75, 3.05) is 10.8 Å². The van der Waals surface area contributed by atoms with Crippen molar-refractivity contribution in [1.82, 2.24) is 10.2 Å². The number of nitrogens with zero attached hydrogens (tertiary/aromatic N) is 2. The summed E-state index contributed by atoms with van der Waals surface area (Å²) in [6.45, 7) is 3.33. The Bertz CT molecular complexity index is 1430. The Labute approximate surface area is 248 Å². The molecular formula is C32H38ClN3O4S. The first kappa shape index (κ1) is 30.6. The molecule has 9 heteroatoms. The number of halogens is 1. The standard InChI is InChI=1S/C32H38ClN3O4S/c1-3-29(32(38)34-27-15-9-5-10-16-27)35(22-25-13-7-4-8-14-25)31(37)23-36(30-20-19-26(33)21-24(30)2)41(39,40)28-17-11-6-12-18-28/h4,6-8,11-14,17-21,27,29H,3,5,9-10,15-16,22-23H2,1-2H3,(H,34,38). The molecule has 1 aliphatic rings. The summed E-state index contributed by atoms with van der Waals surface area (Å²) in [6.07, 6.45) is 5.55. The first-order valence-corrected chi connectivity index (χ1v) is 16.0. The van der Waals surface area contributed by atoms with Gasteiger partial charge in [0.2, 0.25) is 11.8 Å². The predicted octanol–water partition coefficient (Wildman–Crippen LogP) is 6.10. The zero-order valence-corrected chi connectivity index (χ0v) is 25.2. The highest BCUT2D eigenvalue weighted by molar-refractivity contribution is 7.92. The van der Waals surface area contributed by atoms with Gasteiger partial charge in [0.05, 0.1) is 10.6 Å². The van der Waals surface area contributed by atoms with Crippen molar-refractivity contribution in [3.8, 4) is 0 Å². The largest absolute Gasteiger partial charge is 0.352 e. The van der Waals surface area contributed by atoms with Crippen LogP contribution in [-0.4, -0.2) is 43.8 Å². The van der Waals surface area contributed by atoms with Gasteiger partial charge in [-0.1, -0.05) is 86.3 Å². The number of amides is 2. The van der Waals surface area contributed by atoms with Gasteiger partial charge < -0.3 is 10.2 Å². The maximum absolute atomic E-state index is 14.2. The van der Waals surface area contributed by atoms with Crippen molar-refractivity contribution in [3.63, 3.8) is 0 Å². The summed E-state index contributed by atoms with van der Waals surface area (Å²) in [5.74, 6) is -0.669. The molecule has 0 aromatic heterocycles. The van der Waals surface area contributed by atoms with E-state index in [0.717, 1.165) is 42.0 Å². The summed E-state index contributed by atoms with van der Waals surface area (Å²) in [5.41, 5.74) is 1.82. The summed E-state index contributed by atoms with van der Waals surface area (Å²) < 4.78 is 29.1. The van der Waals surface area contributed by atoms with Crippen LogP contribution in [0.5, 0.6) is 0 Å². The van der Waals surface area contributed by atoms with Crippen LogP contribution in [0.3, 0.4) is 0 Å². The molecule has 1 unspecified atom stereocenters. The molecule has 1 atom stereocenters. The Kier molecular flexibility index (Phi) is 10.5. The van der Waals surface area contributed by atoms with Crippen molar-refractivity contribution in [1.29, 1.82) is 0 Å². The van der Waals surface area contributed by atoms with Crippen LogP contribution in [0.25, 0.3) is 0 Å². The molecule has 0 aliphatic heterocycles. The quantitative estimate of drug-likeness (QED) is 0.290. The molecule has 41 heavy (non-hydrogen) atoms. The number of aryl methyl sites for hydroxylation is 1. The van der Waals surface area contributed by atoms with Gasteiger partial charge in [0.25, 0.3) is 10.0 Å². The smallest absolute Gasteiger partial charge is 0.264 e. The Balaban J connectivity index is 1.71. The number of sulfonamides is 1. The maximum atomic E-state index is 14.2. The Morgan fingerprint density at radius 1 is 0.951 bits per heavy atom. The Hall–Kier alpha value is -3.36. The molecule has 3 aromatic carbocycles. The number of anilines is 1. The topological polar surface area (TPSA) is 86.8 Å². The SMILES string of the molecule is CCC(C(=O)NC1CCCCC1)N(Cc1ccccc1)C(=O)CN(c1ccc(Cl)cc1C)S(=O)(=O)c1ccccc1. The fourth-order valence-electron chi connectivity index (χ4n) is 5.38. The van der Waals surface area contributed by atoms with Gasteiger partial charge in [-0.15, -0.1) is 0 Å². The monoisotopic (exact) mass is 595 g/mol. The summed E-state index contributed by atoms with van der Waals surface area (Å²) in [5, 5.41) is 3.63. The van der Waals surface area contributed by atoms with E-state index in [4.69, 9.17) is 11.6 Å². The minimum absolute atomic E-state index is 0.0684. The number of nitrogens with one attached hydrogen (secondary N) is 1. The van der Waals surface area contributed by atoms with Gasteiger partial charge >= 0.3 is 0 Å². The van der Waals surface area contributed by atoms with Crippen molar-refractivity contribution in [2.24, 2.45) is 0 Å². The third-order valence-corrected chi connectivity index (χ3v) is 9.58. The van der Waals surface area contributed by atoms with E-state index >= 15 is 0 Å². The first-order valence-electron chi connectivity index (χ1n) is 14.2. The molecule has 0 bridgehead atoms. The molecule has 3 aromatic rings. The zero-order valence-electron chi connectivity index (χ0n) is 23.6. The lowest BCUT2D eigenvalue weighted by Crippen LogP contribution is -2.54. The zero-order chi connectivity index (χ0) is 29.4. The number of hydrogen-bond acceptors (Lipinski definition) is 4. The van der Waals surface area contributed by atoms with E-state index in [1.54, 1.807) is 43.3 Å². The lowest BCUT2D eigenvalue weighted by molar-refractivity contribution is -0.140. The van der Waals surface area contributed by atoms with Crippen LogP contribution in [0.4, 0.5) is 5.69 Å². The Morgan fingerprint density at radius 2 is 1.59 bits per heavy atom. The highest BCUT2D eigenvalue weighted by Gasteiger charge is 2.34. The fourth-order valence-corrected chi connectivity index (χ4v) is 7.10. The third-order valence-electron chi connectivity index (χ3n) is 7.57. The van der Waals surface area contributed by atoms with E-state index in [9.17, 15) is 18.0 Å². The fraction of sp³-hybridized carbons (Fsp3) is 0.375. The second-order valence-corrected chi connectivity index (χ2v) is 12.8. The van der Waals surface area contributed by atoms with E-state index < -0.39 is 28.5 Å². The lowest BCUT2D eigenvalue weighted by atomic mass is 9.95. The molecule has 0 heterocycles. The molecule has 1 aliphatic carbocycles. The van der Waals surface area contributed by atoms with Gasteiger partial charge in [-0.05, 0) is 67.6 Å². The second-order valence-electron chi connectivity index (χ2n) is 10.5. The van der Waals surface area contributed by atoms with E-state index in [-0.39, 0.29) is 23.4 Å². The van der Waals surface area contributed by atoms with Crippen LogP contribution in [0, 0.1) is 6.92 Å². The number of benzene rings is 3. The summed E-state index contributed by atoms with van der Waals surface area (Å²) >= 11 is 6.19. The molecule has 2 amide bonds. The van der Waals surface area contributed by atoms with Gasteiger partial charge in [0.15, 0.2) is 0 Å². The van der Waals surface area contributed by atoms with Crippen molar-refractivity contribution in [2.45, 2.75) is 75.9 Å². The van der Waals surface area contributed by atoms with Crippen LogP contribution in [0.15, 0.2) is 83.8 Å². The molecule has 0 radical (unpaired) electrons. The average molecular weight is 596 g/mol. The molecule has 0 saturated heterocycles. The minimum atomic E-state index is -4.12.